The fraction of sp³-hybridized carbons (Fsp3) is 0.193. The SMILES string of the molecule is Cc1cc2c3c(c1)N(c1cc4c(cc1-c1ccccc1)OCO4)c1oc4ccc(C(C)(C)C)cc4c1B3c1c(oc3ccc(C(C)(C)C)cc13)N2c1cc2c(cc1-c1ccccc1)OCO2. The second-order valence-electron chi connectivity index (χ2n) is 20.1. The van der Waals surface area contributed by atoms with Crippen LogP contribution in [0.4, 0.5) is 34.5 Å². The number of fused-ring (bicyclic) bond motifs is 10. The van der Waals surface area contributed by atoms with Gasteiger partial charge in [0, 0.05) is 56.3 Å². The Balaban J connectivity index is 1.20. The molecule has 0 saturated carbocycles. The molecule has 7 aromatic carbocycles. The first-order valence-electron chi connectivity index (χ1n) is 22.8. The molecule has 0 amide bonds. The van der Waals surface area contributed by atoms with Gasteiger partial charge in [0.2, 0.25) is 25.4 Å². The number of rotatable bonds is 4. The lowest BCUT2D eigenvalue weighted by atomic mass is 9.33. The molecule has 0 atom stereocenters. The van der Waals surface area contributed by atoms with Crippen LogP contribution in [0.2, 0.25) is 0 Å². The molecule has 0 N–H and O–H groups in total. The fourth-order valence-corrected chi connectivity index (χ4v) is 10.5. The normalized spacial score (nSPS) is 14.6. The van der Waals surface area contributed by atoms with Gasteiger partial charge in [0.25, 0.3) is 6.71 Å². The Morgan fingerprint density at radius 3 is 1.26 bits per heavy atom. The van der Waals surface area contributed by atoms with Gasteiger partial charge in [0.05, 0.1) is 11.4 Å². The first-order chi connectivity index (χ1) is 31.9. The van der Waals surface area contributed by atoms with Crippen molar-refractivity contribution < 1.29 is 27.8 Å². The molecule has 2 aromatic heterocycles. The highest BCUT2D eigenvalue weighted by molar-refractivity contribution is 7.02. The van der Waals surface area contributed by atoms with Crippen LogP contribution in [0.25, 0.3) is 44.2 Å². The summed E-state index contributed by atoms with van der Waals surface area (Å²) in [6.07, 6.45) is 0. The van der Waals surface area contributed by atoms with Crippen molar-refractivity contribution in [3.63, 3.8) is 0 Å². The largest absolute Gasteiger partial charge is 0.454 e. The van der Waals surface area contributed by atoms with Crippen LogP contribution in [0.15, 0.2) is 142 Å². The number of nitrogens with zero attached hydrogens (tertiary/aromatic N) is 2. The maximum absolute atomic E-state index is 7.33. The number of anilines is 6. The summed E-state index contributed by atoms with van der Waals surface area (Å²) in [5.41, 5.74) is 16.2. The molecule has 6 heterocycles. The molecular formula is C57H47BN2O6. The van der Waals surface area contributed by atoms with E-state index in [2.05, 4.69) is 192 Å². The molecule has 324 valence electrons. The number of furan rings is 2. The van der Waals surface area contributed by atoms with E-state index in [0.29, 0.717) is 23.0 Å². The lowest BCUT2D eigenvalue weighted by Crippen LogP contribution is -2.61. The lowest BCUT2D eigenvalue weighted by molar-refractivity contribution is 0.173. The summed E-state index contributed by atoms with van der Waals surface area (Å²) in [6, 6.07) is 47.6. The summed E-state index contributed by atoms with van der Waals surface area (Å²) in [5.74, 6) is 4.32. The molecule has 0 unspecified atom stereocenters. The van der Waals surface area contributed by atoms with Crippen molar-refractivity contribution in [3.05, 3.63) is 150 Å². The minimum Gasteiger partial charge on any atom is -0.454 e. The van der Waals surface area contributed by atoms with Gasteiger partial charge < -0.3 is 27.8 Å². The van der Waals surface area contributed by atoms with Gasteiger partial charge in [-0.05, 0) is 99.6 Å². The quantitative estimate of drug-likeness (QED) is 0.162. The second kappa shape index (κ2) is 13.8. The highest BCUT2D eigenvalue weighted by Crippen LogP contribution is 2.54. The summed E-state index contributed by atoms with van der Waals surface area (Å²) < 4.78 is 39.1. The van der Waals surface area contributed by atoms with Gasteiger partial charge in [-0.3, -0.25) is 9.80 Å². The molecule has 4 aliphatic rings. The molecule has 0 spiro atoms. The van der Waals surface area contributed by atoms with E-state index < -0.39 is 0 Å². The van der Waals surface area contributed by atoms with Gasteiger partial charge in [0.1, 0.15) is 11.2 Å². The predicted octanol–water partition coefficient (Wildman–Crippen LogP) is 13.0. The van der Waals surface area contributed by atoms with Gasteiger partial charge in [-0.15, -0.1) is 0 Å². The van der Waals surface area contributed by atoms with E-state index in [0.717, 1.165) is 101 Å². The molecule has 9 heteroatoms. The van der Waals surface area contributed by atoms with E-state index in [4.69, 9.17) is 27.8 Å². The Hall–Kier alpha value is -7.52. The monoisotopic (exact) mass is 866 g/mol. The number of hydrogen-bond acceptors (Lipinski definition) is 8. The van der Waals surface area contributed by atoms with Crippen LogP contribution >= 0.6 is 0 Å². The third kappa shape index (κ3) is 5.71. The van der Waals surface area contributed by atoms with Crippen molar-refractivity contribution >= 4 is 79.6 Å². The standard InChI is InChI=1S/C57H47BN2O6/c1-32-22-43-53-44(23-32)60(42-29-50-48(62-31-64-50)27-38(42)34-16-12-9-13-17-34)55-52(40-25-36(57(5,6)7)19-21-46(40)66-55)58(53)51-39-24-35(56(2,3)4)18-20-45(39)65-54(51)59(43)41-28-49-47(61-30-63-49)26-37(41)33-14-10-8-11-15-33/h8-29H,30-31H2,1-7H3. The summed E-state index contributed by atoms with van der Waals surface area (Å²) in [7, 11) is 0. The van der Waals surface area contributed by atoms with E-state index in [1.165, 1.54) is 11.1 Å². The molecule has 0 fully saturated rings. The zero-order valence-electron chi connectivity index (χ0n) is 38.0. The molecule has 4 aliphatic heterocycles. The molecule has 9 aromatic rings. The van der Waals surface area contributed by atoms with Crippen LogP contribution in [-0.4, -0.2) is 20.3 Å². The minimum absolute atomic E-state index is 0.115. The summed E-state index contributed by atoms with van der Waals surface area (Å²) in [6.45, 7) is 15.8. The number of ether oxygens (including phenoxy) is 4. The van der Waals surface area contributed by atoms with Gasteiger partial charge >= 0.3 is 0 Å². The highest BCUT2D eigenvalue weighted by atomic mass is 16.7. The van der Waals surface area contributed by atoms with Crippen molar-refractivity contribution in [2.24, 2.45) is 0 Å². The summed E-state index contributed by atoms with van der Waals surface area (Å²) in [5, 5.41) is 2.14. The van der Waals surface area contributed by atoms with E-state index >= 15 is 0 Å². The van der Waals surface area contributed by atoms with Crippen LogP contribution in [-0.2, 0) is 10.8 Å². The average molecular weight is 867 g/mol. The highest BCUT2D eigenvalue weighted by Gasteiger charge is 2.50. The second-order valence-corrected chi connectivity index (χ2v) is 20.1. The van der Waals surface area contributed by atoms with Crippen LogP contribution in [0, 0.1) is 6.92 Å². The summed E-state index contributed by atoms with van der Waals surface area (Å²) in [4.78, 5) is 4.67. The minimum atomic E-state index is -0.288. The van der Waals surface area contributed by atoms with Crippen LogP contribution in [0.1, 0.15) is 58.2 Å². The molecule has 0 aliphatic carbocycles. The van der Waals surface area contributed by atoms with Crippen molar-refractivity contribution in [3.8, 4) is 45.3 Å². The van der Waals surface area contributed by atoms with Gasteiger partial charge in [-0.25, -0.2) is 0 Å². The number of hydrogen-bond donors (Lipinski definition) is 0. The zero-order valence-corrected chi connectivity index (χ0v) is 38.0. The fourth-order valence-electron chi connectivity index (χ4n) is 10.5. The smallest absolute Gasteiger partial charge is 0.262 e. The third-order valence-electron chi connectivity index (χ3n) is 13.8. The van der Waals surface area contributed by atoms with E-state index in [1.807, 2.05) is 0 Å². The van der Waals surface area contributed by atoms with Gasteiger partial charge in [-0.2, -0.15) is 0 Å². The Morgan fingerprint density at radius 1 is 0.439 bits per heavy atom. The van der Waals surface area contributed by atoms with Crippen LogP contribution < -0.4 is 45.1 Å². The number of aryl methyl sites for hydroxylation is 1. The van der Waals surface area contributed by atoms with Crippen molar-refractivity contribution in [1.29, 1.82) is 0 Å². The van der Waals surface area contributed by atoms with Crippen molar-refractivity contribution in [2.75, 3.05) is 23.4 Å². The lowest BCUT2D eigenvalue weighted by Gasteiger charge is -2.41. The Morgan fingerprint density at radius 2 is 0.848 bits per heavy atom. The molecule has 8 nitrogen and oxygen atoms in total. The van der Waals surface area contributed by atoms with Gasteiger partial charge in [0.15, 0.2) is 23.0 Å². The first kappa shape index (κ1) is 38.9. The molecule has 0 radical (unpaired) electrons. The van der Waals surface area contributed by atoms with Gasteiger partial charge in [-0.1, -0.05) is 114 Å². The molecular weight excluding hydrogens is 819 g/mol. The Labute approximate surface area is 384 Å². The average Bonchev–Trinajstić information content (AvgIpc) is 4.12. The molecule has 13 rings (SSSR count). The van der Waals surface area contributed by atoms with E-state index in [1.54, 1.807) is 0 Å². The zero-order chi connectivity index (χ0) is 44.8. The topological polar surface area (TPSA) is 69.7 Å². The van der Waals surface area contributed by atoms with E-state index in [9.17, 15) is 0 Å². The Bertz CT molecular complexity index is 3260. The van der Waals surface area contributed by atoms with Crippen LogP contribution in [0.3, 0.4) is 0 Å². The molecule has 66 heavy (non-hydrogen) atoms. The van der Waals surface area contributed by atoms with Crippen LogP contribution in [0.5, 0.6) is 23.0 Å². The molecule has 0 bridgehead atoms. The third-order valence-corrected chi connectivity index (χ3v) is 13.8. The Kier molecular flexibility index (Phi) is 8.11. The van der Waals surface area contributed by atoms with Crippen molar-refractivity contribution in [2.45, 2.75) is 59.3 Å². The van der Waals surface area contributed by atoms with Crippen molar-refractivity contribution in [1.82, 2.24) is 0 Å². The molecule has 0 saturated heterocycles. The van der Waals surface area contributed by atoms with E-state index in [-0.39, 0.29) is 31.1 Å². The maximum atomic E-state index is 7.33. The number of benzene rings is 7. The summed E-state index contributed by atoms with van der Waals surface area (Å²) >= 11 is 0. The maximum Gasteiger partial charge on any atom is 0.262 e. The predicted molar refractivity (Wildman–Crippen MR) is 265 cm³/mol. The first-order valence-corrected chi connectivity index (χ1v) is 22.8.